The van der Waals surface area contributed by atoms with Crippen molar-refractivity contribution in [1.29, 1.82) is 0 Å². The van der Waals surface area contributed by atoms with Gasteiger partial charge >= 0.3 is 0 Å². The quantitative estimate of drug-likeness (QED) is 0.744. The summed E-state index contributed by atoms with van der Waals surface area (Å²) < 4.78 is 5.41. The zero-order chi connectivity index (χ0) is 19.5. The Labute approximate surface area is 161 Å². The largest absolute Gasteiger partial charge is 0.336 e. The minimum Gasteiger partial charge on any atom is -0.336 e. The standard InChI is InChI=1S/C20H21N5O3/c1-14(18-22-19(28-23-18)15-5-3-2-4-6-15)24-9-11-25(12-10-24)20(27)16-7-8-17(26)21-13-16/h2-8,13-14H,9-12H2,1H3,(H,21,26). The first kappa shape index (κ1) is 18.1. The number of benzene rings is 1. The Kier molecular flexibility index (Phi) is 5.03. The summed E-state index contributed by atoms with van der Waals surface area (Å²) in [5.74, 6) is 1.07. The van der Waals surface area contributed by atoms with Gasteiger partial charge in [0.15, 0.2) is 5.82 Å². The number of carbonyl (C=O) groups is 1. The number of aromatic nitrogens is 3. The van der Waals surface area contributed by atoms with Gasteiger partial charge in [-0.1, -0.05) is 23.4 Å². The highest BCUT2D eigenvalue weighted by molar-refractivity contribution is 5.93. The zero-order valence-electron chi connectivity index (χ0n) is 15.5. The van der Waals surface area contributed by atoms with Crippen LogP contribution in [0.4, 0.5) is 0 Å². The van der Waals surface area contributed by atoms with Crippen LogP contribution in [-0.4, -0.2) is 57.0 Å². The van der Waals surface area contributed by atoms with Gasteiger partial charge in [0.2, 0.25) is 5.56 Å². The van der Waals surface area contributed by atoms with Crippen LogP contribution >= 0.6 is 0 Å². The summed E-state index contributed by atoms with van der Waals surface area (Å²) in [6.45, 7) is 4.67. The van der Waals surface area contributed by atoms with Gasteiger partial charge in [0.1, 0.15) is 0 Å². The summed E-state index contributed by atoms with van der Waals surface area (Å²) in [6, 6.07) is 12.6. The Morgan fingerprint density at radius 1 is 1.11 bits per heavy atom. The molecule has 0 aliphatic carbocycles. The fourth-order valence-corrected chi connectivity index (χ4v) is 3.30. The number of H-pyrrole nitrogens is 1. The molecule has 8 nitrogen and oxygen atoms in total. The van der Waals surface area contributed by atoms with E-state index >= 15 is 0 Å². The topological polar surface area (TPSA) is 95.3 Å². The lowest BCUT2D eigenvalue weighted by Gasteiger charge is -2.37. The van der Waals surface area contributed by atoms with Crippen LogP contribution < -0.4 is 5.56 Å². The number of nitrogens with one attached hydrogen (secondary N) is 1. The average Bonchev–Trinajstić information content (AvgIpc) is 3.24. The van der Waals surface area contributed by atoms with Crippen LogP contribution in [0.5, 0.6) is 0 Å². The molecule has 8 heteroatoms. The lowest BCUT2D eigenvalue weighted by molar-refractivity contribution is 0.0573. The van der Waals surface area contributed by atoms with Gasteiger partial charge in [-0.3, -0.25) is 14.5 Å². The van der Waals surface area contributed by atoms with Gasteiger partial charge in [-0.25, -0.2) is 0 Å². The molecule has 1 fully saturated rings. The molecule has 1 N–H and O–H groups in total. The molecule has 0 bridgehead atoms. The third-order valence-electron chi connectivity index (χ3n) is 5.02. The summed E-state index contributed by atoms with van der Waals surface area (Å²) in [6.07, 6.45) is 1.46. The van der Waals surface area contributed by atoms with Crippen molar-refractivity contribution in [3.05, 3.63) is 70.4 Å². The number of carbonyl (C=O) groups excluding carboxylic acids is 1. The smallest absolute Gasteiger partial charge is 0.257 e. The zero-order valence-corrected chi connectivity index (χ0v) is 15.5. The van der Waals surface area contributed by atoms with Gasteiger partial charge in [-0.05, 0) is 25.1 Å². The lowest BCUT2D eigenvalue weighted by Crippen LogP contribution is -2.49. The van der Waals surface area contributed by atoms with E-state index in [0.29, 0.717) is 43.5 Å². The van der Waals surface area contributed by atoms with Crippen molar-refractivity contribution in [1.82, 2.24) is 24.9 Å². The summed E-state index contributed by atoms with van der Waals surface area (Å²) in [5.41, 5.74) is 1.17. The number of rotatable bonds is 4. The van der Waals surface area contributed by atoms with E-state index in [-0.39, 0.29) is 17.5 Å². The van der Waals surface area contributed by atoms with E-state index in [4.69, 9.17) is 4.52 Å². The number of piperazine rings is 1. The molecule has 3 aromatic rings. The van der Waals surface area contributed by atoms with Crippen molar-refractivity contribution < 1.29 is 9.32 Å². The maximum Gasteiger partial charge on any atom is 0.257 e. The summed E-state index contributed by atoms with van der Waals surface area (Å²) in [5, 5.41) is 4.14. The summed E-state index contributed by atoms with van der Waals surface area (Å²) >= 11 is 0. The maximum absolute atomic E-state index is 12.6. The first-order chi connectivity index (χ1) is 13.6. The fourth-order valence-electron chi connectivity index (χ4n) is 3.30. The van der Waals surface area contributed by atoms with Gasteiger partial charge in [-0.2, -0.15) is 4.98 Å². The first-order valence-corrected chi connectivity index (χ1v) is 9.23. The molecule has 2 aromatic heterocycles. The summed E-state index contributed by atoms with van der Waals surface area (Å²) in [4.78, 5) is 34.8. The Bertz CT molecular complexity index is 985. The Balaban J connectivity index is 1.38. The van der Waals surface area contributed by atoms with E-state index in [2.05, 4.69) is 20.0 Å². The minimum atomic E-state index is -0.217. The number of hydrogen-bond donors (Lipinski definition) is 1. The Morgan fingerprint density at radius 2 is 1.86 bits per heavy atom. The highest BCUT2D eigenvalue weighted by Crippen LogP contribution is 2.23. The number of nitrogens with zero attached hydrogens (tertiary/aromatic N) is 4. The molecule has 144 valence electrons. The van der Waals surface area contributed by atoms with Crippen LogP contribution in [0.1, 0.15) is 29.1 Å². The van der Waals surface area contributed by atoms with Crippen molar-refractivity contribution in [2.45, 2.75) is 13.0 Å². The summed E-state index contributed by atoms with van der Waals surface area (Å²) in [7, 11) is 0. The third kappa shape index (κ3) is 3.72. The van der Waals surface area contributed by atoms with E-state index in [1.54, 1.807) is 11.0 Å². The molecule has 1 aliphatic heterocycles. The highest BCUT2D eigenvalue weighted by atomic mass is 16.5. The predicted octanol–water partition coefficient (Wildman–Crippen LogP) is 1.94. The second-order valence-corrected chi connectivity index (χ2v) is 6.77. The number of amides is 1. The number of pyridine rings is 1. The number of aromatic amines is 1. The molecular formula is C20H21N5O3. The number of hydrogen-bond acceptors (Lipinski definition) is 6. The second-order valence-electron chi connectivity index (χ2n) is 6.77. The average molecular weight is 379 g/mol. The van der Waals surface area contributed by atoms with Gasteiger partial charge in [-0.15, -0.1) is 0 Å². The molecule has 4 rings (SSSR count). The van der Waals surface area contributed by atoms with Gasteiger partial charge in [0.25, 0.3) is 11.8 Å². The van der Waals surface area contributed by atoms with E-state index in [0.717, 1.165) is 5.56 Å². The molecule has 1 saturated heterocycles. The monoisotopic (exact) mass is 379 g/mol. The normalized spacial score (nSPS) is 16.1. The molecule has 1 atom stereocenters. The van der Waals surface area contributed by atoms with Crippen molar-refractivity contribution in [2.24, 2.45) is 0 Å². The first-order valence-electron chi connectivity index (χ1n) is 9.23. The van der Waals surface area contributed by atoms with Crippen molar-refractivity contribution >= 4 is 5.91 Å². The molecule has 28 heavy (non-hydrogen) atoms. The van der Waals surface area contributed by atoms with Crippen LogP contribution in [0.2, 0.25) is 0 Å². The van der Waals surface area contributed by atoms with Crippen LogP contribution in [0, 0.1) is 0 Å². The van der Waals surface area contributed by atoms with Gasteiger partial charge < -0.3 is 14.4 Å². The second kappa shape index (κ2) is 7.77. The van der Waals surface area contributed by atoms with Gasteiger partial charge in [0, 0.05) is 44.0 Å². The van der Waals surface area contributed by atoms with Crippen LogP contribution in [0.3, 0.4) is 0 Å². The SMILES string of the molecule is CC(c1noc(-c2ccccc2)n1)N1CCN(C(=O)c2ccc(=O)[nH]c2)CC1. The van der Waals surface area contributed by atoms with E-state index < -0.39 is 0 Å². The molecule has 1 aliphatic rings. The Hall–Kier alpha value is -3.26. The van der Waals surface area contributed by atoms with E-state index in [9.17, 15) is 9.59 Å². The molecule has 0 radical (unpaired) electrons. The molecular weight excluding hydrogens is 358 g/mol. The van der Waals surface area contributed by atoms with Crippen LogP contribution in [-0.2, 0) is 0 Å². The van der Waals surface area contributed by atoms with Crippen molar-refractivity contribution in [3.8, 4) is 11.5 Å². The fraction of sp³-hybridized carbons (Fsp3) is 0.300. The lowest BCUT2D eigenvalue weighted by atomic mass is 10.2. The molecule has 1 amide bonds. The predicted molar refractivity (Wildman–Crippen MR) is 103 cm³/mol. The van der Waals surface area contributed by atoms with Crippen LogP contribution in [0.15, 0.2) is 58.0 Å². The molecule has 1 aromatic carbocycles. The van der Waals surface area contributed by atoms with Crippen LogP contribution in [0.25, 0.3) is 11.5 Å². The van der Waals surface area contributed by atoms with E-state index in [1.165, 1.54) is 12.3 Å². The maximum atomic E-state index is 12.6. The van der Waals surface area contributed by atoms with Crippen molar-refractivity contribution in [3.63, 3.8) is 0 Å². The molecule has 3 heterocycles. The minimum absolute atomic E-state index is 0.00783. The molecule has 0 spiro atoms. The highest BCUT2D eigenvalue weighted by Gasteiger charge is 2.27. The third-order valence-corrected chi connectivity index (χ3v) is 5.02. The molecule has 0 saturated carbocycles. The van der Waals surface area contributed by atoms with Gasteiger partial charge in [0.05, 0.1) is 11.6 Å². The Morgan fingerprint density at radius 3 is 2.54 bits per heavy atom. The van der Waals surface area contributed by atoms with Crippen molar-refractivity contribution in [2.75, 3.05) is 26.2 Å². The van der Waals surface area contributed by atoms with E-state index in [1.807, 2.05) is 37.3 Å². The molecule has 1 unspecified atom stereocenters.